The van der Waals surface area contributed by atoms with Gasteiger partial charge in [0.25, 0.3) is 5.91 Å². The van der Waals surface area contributed by atoms with E-state index in [0.29, 0.717) is 32.5 Å². The summed E-state index contributed by atoms with van der Waals surface area (Å²) in [4.78, 5) is 14.0. The van der Waals surface area contributed by atoms with Crippen molar-refractivity contribution in [3.63, 3.8) is 0 Å². The molecule has 0 N–H and O–H groups in total. The standard InChI is InChI=1S/C17H20F3NO3/c18-17(19,20)12-3-1-4-14(11-12)24-13-6-8-21(9-7-13)16(22)15-5-2-10-23-15/h1,3-4,11,13,15H,2,5-10H2/t15-/m0/s1. The Labute approximate surface area is 138 Å². The predicted octanol–water partition coefficient (Wildman–Crippen LogP) is 3.25. The van der Waals surface area contributed by atoms with Crippen molar-refractivity contribution in [2.45, 2.75) is 44.1 Å². The van der Waals surface area contributed by atoms with Gasteiger partial charge in [-0.05, 0) is 31.0 Å². The topological polar surface area (TPSA) is 38.8 Å². The Kier molecular flexibility index (Phi) is 4.99. The van der Waals surface area contributed by atoms with Gasteiger partial charge in [-0.2, -0.15) is 13.2 Å². The third-order valence-corrected chi connectivity index (χ3v) is 4.42. The lowest BCUT2D eigenvalue weighted by Crippen LogP contribution is -2.45. The minimum absolute atomic E-state index is 0.0185. The zero-order valence-electron chi connectivity index (χ0n) is 13.2. The number of alkyl halides is 3. The first-order chi connectivity index (χ1) is 11.4. The maximum absolute atomic E-state index is 12.7. The van der Waals surface area contributed by atoms with E-state index in [-0.39, 0.29) is 23.9 Å². The average molecular weight is 343 g/mol. The van der Waals surface area contributed by atoms with Gasteiger partial charge in [-0.1, -0.05) is 6.07 Å². The maximum Gasteiger partial charge on any atom is 0.416 e. The monoisotopic (exact) mass is 343 g/mol. The van der Waals surface area contributed by atoms with Gasteiger partial charge in [-0.3, -0.25) is 4.79 Å². The van der Waals surface area contributed by atoms with E-state index in [4.69, 9.17) is 9.47 Å². The number of hydrogen-bond acceptors (Lipinski definition) is 3. The van der Waals surface area contributed by atoms with Crippen LogP contribution in [0.25, 0.3) is 0 Å². The van der Waals surface area contributed by atoms with Crippen LogP contribution in [0.1, 0.15) is 31.2 Å². The number of nitrogens with zero attached hydrogens (tertiary/aromatic N) is 1. The van der Waals surface area contributed by atoms with Crippen LogP contribution >= 0.6 is 0 Å². The molecule has 1 amide bonds. The van der Waals surface area contributed by atoms with Crippen LogP contribution < -0.4 is 4.74 Å². The van der Waals surface area contributed by atoms with Crippen LogP contribution in [0.3, 0.4) is 0 Å². The van der Waals surface area contributed by atoms with Gasteiger partial charge in [0.1, 0.15) is 18.0 Å². The molecule has 3 rings (SSSR count). The molecule has 1 atom stereocenters. The van der Waals surface area contributed by atoms with Crippen LogP contribution in [0.4, 0.5) is 13.2 Å². The van der Waals surface area contributed by atoms with Crippen molar-refractivity contribution in [2.75, 3.05) is 19.7 Å². The van der Waals surface area contributed by atoms with E-state index < -0.39 is 11.7 Å². The molecule has 1 aromatic carbocycles. The molecule has 0 bridgehead atoms. The summed E-state index contributed by atoms with van der Waals surface area (Å²) >= 11 is 0. The van der Waals surface area contributed by atoms with Crippen LogP contribution in [0.15, 0.2) is 24.3 Å². The van der Waals surface area contributed by atoms with E-state index in [1.54, 1.807) is 4.90 Å². The van der Waals surface area contributed by atoms with Crippen molar-refractivity contribution in [1.29, 1.82) is 0 Å². The zero-order chi connectivity index (χ0) is 17.2. The number of hydrogen-bond donors (Lipinski definition) is 0. The third-order valence-electron chi connectivity index (χ3n) is 4.42. The van der Waals surface area contributed by atoms with Crippen molar-refractivity contribution < 1.29 is 27.4 Å². The molecule has 2 aliphatic rings. The Morgan fingerprint density at radius 1 is 1.21 bits per heavy atom. The molecular formula is C17H20F3NO3. The molecule has 2 fully saturated rings. The van der Waals surface area contributed by atoms with Crippen LogP contribution in [-0.2, 0) is 15.7 Å². The fourth-order valence-electron chi connectivity index (χ4n) is 3.11. The second kappa shape index (κ2) is 7.01. The van der Waals surface area contributed by atoms with Gasteiger partial charge in [0.05, 0.1) is 5.56 Å². The normalized spacial score (nSPS) is 22.6. The van der Waals surface area contributed by atoms with Gasteiger partial charge in [0.2, 0.25) is 0 Å². The Balaban J connectivity index is 1.53. The number of carbonyl (C=O) groups excluding carboxylic acids is 1. The number of likely N-dealkylation sites (tertiary alicyclic amines) is 1. The van der Waals surface area contributed by atoms with E-state index in [0.717, 1.165) is 25.0 Å². The number of carbonyl (C=O) groups is 1. The molecular weight excluding hydrogens is 323 g/mol. The first-order valence-corrected chi connectivity index (χ1v) is 8.18. The highest BCUT2D eigenvalue weighted by molar-refractivity contribution is 5.81. The van der Waals surface area contributed by atoms with Crippen molar-refractivity contribution in [2.24, 2.45) is 0 Å². The van der Waals surface area contributed by atoms with Gasteiger partial charge in [0, 0.05) is 32.5 Å². The summed E-state index contributed by atoms with van der Waals surface area (Å²) in [5, 5.41) is 0. The molecule has 0 radical (unpaired) electrons. The predicted molar refractivity (Wildman–Crippen MR) is 80.6 cm³/mol. The fraction of sp³-hybridized carbons (Fsp3) is 0.588. The number of benzene rings is 1. The molecule has 0 aromatic heterocycles. The first-order valence-electron chi connectivity index (χ1n) is 8.18. The Morgan fingerprint density at radius 2 is 1.96 bits per heavy atom. The quantitative estimate of drug-likeness (QED) is 0.846. The molecule has 1 aromatic rings. The summed E-state index contributed by atoms with van der Waals surface area (Å²) in [7, 11) is 0. The van der Waals surface area contributed by atoms with Crippen molar-refractivity contribution >= 4 is 5.91 Å². The van der Waals surface area contributed by atoms with Crippen molar-refractivity contribution in [3.05, 3.63) is 29.8 Å². The maximum atomic E-state index is 12.7. The van der Waals surface area contributed by atoms with Crippen molar-refractivity contribution in [3.8, 4) is 5.75 Å². The highest BCUT2D eigenvalue weighted by Crippen LogP contribution is 2.32. The number of ether oxygens (including phenoxy) is 2. The van der Waals surface area contributed by atoms with E-state index in [9.17, 15) is 18.0 Å². The van der Waals surface area contributed by atoms with Gasteiger partial charge < -0.3 is 14.4 Å². The van der Waals surface area contributed by atoms with Gasteiger partial charge >= 0.3 is 6.18 Å². The van der Waals surface area contributed by atoms with E-state index in [1.165, 1.54) is 12.1 Å². The molecule has 7 heteroatoms. The van der Waals surface area contributed by atoms with Crippen LogP contribution in [0.5, 0.6) is 5.75 Å². The lowest BCUT2D eigenvalue weighted by atomic mass is 10.1. The number of halogens is 3. The largest absolute Gasteiger partial charge is 0.490 e. The second-order valence-corrected chi connectivity index (χ2v) is 6.17. The smallest absolute Gasteiger partial charge is 0.416 e. The Bertz CT molecular complexity index is 577. The number of piperidine rings is 1. The van der Waals surface area contributed by atoms with Gasteiger partial charge in [0.15, 0.2) is 0 Å². The average Bonchev–Trinajstić information content (AvgIpc) is 3.09. The van der Waals surface area contributed by atoms with E-state index in [1.807, 2.05) is 0 Å². The number of rotatable bonds is 3. The van der Waals surface area contributed by atoms with Crippen LogP contribution in [0.2, 0.25) is 0 Å². The van der Waals surface area contributed by atoms with Crippen molar-refractivity contribution in [1.82, 2.24) is 4.90 Å². The molecule has 2 heterocycles. The number of amides is 1. The lowest BCUT2D eigenvalue weighted by Gasteiger charge is -2.33. The summed E-state index contributed by atoms with van der Waals surface area (Å²) < 4.78 is 49.3. The van der Waals surface area contributed by atoms with Crippen LogP contribution in [0, 0.1) is 0 Å². The molecule has 0 unspecified atom stereocenters. The summed E-state index contributed by atoms with van der Waals surface area (Å²) in [6.45, 7) is 1.72. The SMILES string of the molecule is O=C([C@@H]1CCCO1)N1CCC(Oc2cccc(C(F)(F)F)c2)CC1. The summed E-state index contributed by atoms with van der Waals surface area (Å²) in [6.07, 6.45) is -2.00. The lowest BCUT2D eigenvalue weighted by molar-refractivity contribution is -0.143. The Morgan fingerprint density at radius 3 is 2.58 bits per heavy atom. The Hall–Kier alpha value is -1.76. The molecule has 4 nitrogen and oxygen atoms in total. The fourth-order valence-corrected chi connectivity index (χ4v) is 3.11. The minimum Gasteiger partial charge on any atom is -0.490 e. The van der Waals surface area contributed by atoms with E-state index >= 15 is 0 Å². The minimum atomic E-state index is -4.38. The van der Waals surface area contributed by atoms with E-state index in [2.05, 4.69) is 0 Å². The molecule has 0 aliphatic carbocycles. The highest BCUT2D eigenvalue weighted by atomic mass is 19.4. The van der Waals surface area contributed by atoms with Gasteiger partial charge in [-0.25, -0.2) is 0 Å². The molecule has 0 spiro atoms. The molecule has 0 saturated carbocycles. The second-order valence-electron chi connectivity index (χ2n) is 6.17. The first kappa shape index (κ1) is 17.1. The van der Waals surface area contributed by atoms with Crippen LogP contribution in [-0.4, -0.2) is 42.7 Å². The summed E-state index contributed by atoms with van der Waals surface area (Å²) in [6, 6.07) is 4.91. The molecule has 132 valence electrons. The van der Waals surface area contributed by atoms with Gasteiger partial charge in [-0.15, -0.1) is 0 Å². The highest BCUT2D eigenvalue weighted by Gasteiger charge is 2.32. The summed E-state index contributed by atoms with van der Waals surface area (Å²) in [5.74, 6) is 0.235. The molecule has 24 heavy (non-hydrogen) atoms. The molecule has 2 saturated heterocycles. The molecule has 2 aliphatic heterocycles. The third kappa shape index (κ3) is 4.01. The summed E-state index contributed by atoms with van der Waals surface area (Å²) in [5.41, 5.74) is -0.717. The zero-order valence-corrected chi connectivity index (χ0v) is 13.2.